The maximum Gasteiger partial charge on any atom is 0.265 e. The van der Waals surface area contributed by atoms with Crippen LogP contribution in [0.1, 0.15) is 35.5 Å². The lowest BCUT2D eigenvalue weighted by molar-refractivity contribution is 0.0702. The van der Waals surface area contributed by atoms with E-state index in [1.807, 2.05) is 0 Å². The van der Waals surface area contributed by atoms with Gasteiger partial charge in [0.15, 0.2) is 0 Å². The number of sulfonamides is 1. The molecule has 2 aromatic rings. The van der Waals surface area contributed by atoms with Crippen molar-refractivity contribution in [3.63, 3.8) is 0 Å². The Kier molecular flexibility index (Phi) is 5.77. The monoisotopic (exact) mass is 471 g/mol. The molecule has 6 nitrogen and oxygen atoms in total. The summed E-state index contributed by atoms with van der Waals surface area (Å²) < 4.78 is 27.7. The van der Waals surface area contributed by atoms with E-state index in [1.54, 1.807) is 35.4 Å². The molecule has 0 unspecified atom stereocenters. The van der Waals surface area contributed by atoms with Gasteiger partial charge in [0.25, 0.3) is 5.91 Å². The summed E-state index contributed by atoms with van der Waals surface area (Å²) in [5.74, 6) is -0.0810. The van der Waals surface area contributed by atoms with Gasteiger partial charge in [-0.1, -0.05) is 42.8 Å². The minimum absolute atomic E-state index is 0.0810. The summed E-state index contributed by atoms with van der Waals surface area (Å²) in [7, 11) is -3.56. The molecular weight excluding hydrogens is 450 g/mol. The van der Waals surface area contributed by atoms with Crippen LogP contribution in [0.15, 0.2) is 39.8 Å². The Balaban J connectivity index is 1.68. The SMILES string of the molecule is CC(C)(C)c1ncc(C(=O)N2CCN(S(=O)(=O)c3cccc(Br)c3)CC2)s1. The molecule has 0 radical (unpaired) electrons. The second-order valence-corrected chi connectivity index (χ2v) is 11.3. The summed E-state index contributed by atoms with van der Waals surface area (Å²) in [5.41, 5.74) is -0.0973. The first-order valence-corrected chi connectivity index (χ1v) is 11.7. The third-order valence-electron chi connectivity index (χ3n) is 4.32. The summed E-state index contributed by atoms with van der Waals surface area (Å²) in [6.45, 7) is 7.49. The number of hydrogen-bond donors (Lipinski definition) is 0. The van der Waals surface area contributed by atoms with E-state index in [0.29, 0.717) is 18.0 Å². The van der Waals surface area contributed by atoms with Gasteiger partial charge in [-0.15, -0.1) is 11.3 Å². The molecule has 0 spiro atoms. The number of rotatable bonds is 3. The number of amides is 1. The van der Waals surface area contributed by atoms with Crippen molar-refractivity contribution in [3.05, 3.63) is 44.8 Å². The Hall–Kier alpha value is -1.29. The fraction of sp³-hybridized carbons (Fsp3) is 0.444. The smallest absolute Gasteiger partial charge is 0.265 e. The summed E-state index contributed by atoms with van der Waals surface area (Å²) in [4.78, 5) is 19.7. The minimum atomic E-state index is -3.56. The summed E-state index contributed by atoms with van der Waals surface area (Å²) in [5, 5.41) is 0.918. The molecule has 27 heavy (non-hydrogen) atoms. The first kappa shape index (κ1) is 20.4. The Morgan fingerprint density at radius 2 is 1.85 bits per heavy atom. The summed E-state index contributed by atoms with van der Waals surface area (Å²) >= 11 is 4.72. The molecule has 2 heterocycles. The van der Waals surface area contributed by atoms with Crippen molar-refractivity contribution in [1.29, 1.82) is 0 Å². The highest BCUT2D eigenvalue weighted by atomic mass is 79.9. The van der Waals surface area contributed by atoms with Crippen molar-refractivity contribution < 1.29 is 13.2 Å². The molecule has 0 N–H and O–H groups in total. The second-order valence-electron chi connectivity index (χ2n) is 7.43. The summed E-state index contributed by atoms with van der Waals surface area (Å²) in [6, 6.07) is 6.67. The van der Waals surface area contributed by atoms with Gasteiger partial charge >= 0.3 is 0 Å². The average molecular weight is 472 g/mol. The normalized spacial score (nSPS) is 16.5. The number of benzene rings is 1. The largest absolute Gasteiger partial charge is 0.335 e. The zero-order chi connectivity index (χ0) is 19.8. The van der Waals surface area contributed by atoms with Crippen LogP contribution in [0.25, 0.3) is 0 Å². The standard InChI is InChI=1S/C18H22BrN3O3S2/c1-18(2,3)17-20-12-15(26-17)16(23)21-7-9-22(10-8-21)27(24,25)14-6-4-5-13(19)11-14/h4-6,11-12H,7-10H2,1-3H3. The first-order valence-electron chi connectivity index (χ1n) is 8.60. The number of aromatic nitrogens is 1. The number of thiazole rings is 1. The Labute approximate surface area is 172 Å². The topological polar surface area (TPSA) is 70.6 Å². The van der Waals surface area contributed by atoms with Gasteiger partial charge in [-0.05, 0) is 18.2 Å². The van der Waals surface area contributed by atoms with Gasteiger partial charge in [0.05, 0.1) is 16.1 Å². The fourth-order valence-electron chi connectivity index (χ4n) is 2.78. The van der Waals surface area contributed by atoms with Crippen LogP contribution in [0.3, 0.4) is 0 Å². The van der Waals surface area contributed by atoms with Crippen LogP contribution in [-0.2, 0) is 15.4 Å². The average Bonchev–Trinajstić information content (AvgIpc) is 3.12. The molecule has 1 aliphatic heterocycles. The molecule has 1 aromatic heterocycles. The van der Waals surface area contributed by atoms with Crippen LogP contribution in [0, 0.1) is 0 Å². The zero-order valence-electron chi connectivity index (χ0n) is 15.5. The van der Waals surface area contributed by atoms with Crippen LogP contribution in [0.2, 0.25) is 0 Å². The van der Waals surface area contributed by atoms with E-state index in [9.17, 15) is 13.2 Å². The first-order chi connectivity index (χ1) is 12.6. The molecule has 1 aliphatic rings. The highest BCUT2D eigenvalue weighted by Gasteiger charge is 2.31. The van der Waals surface area contributed by atoms with Gasteiger partial charge in [0, 0.05) is 36.1 Å². The molecule has 0 atom stereocenters. The third kappa shape index (κ3) is 4.42. The van der Waals surface area contributed by atoms with E-state index < -0.39 is 10.0 Å². The van der Waals surface area contributed by atoms with Crippen molar-refractivity contribution in [1.82, 2.24) is 14.2 Å². The number of hydrogen-bond acceptors (Lipinski definition) is 5. The Morgan fingerprint density at radius 3 is 2.41 bits per heavy atom. The van der Waals surface area contributed by atoms with Gasteiger partial charge in [-0.25, -0.2) is 13.4 Å². The zero-order valence-corrected chi connectivity index (χ0v) is 18.7. The van der Waals surface area contributed by atoms with E-state index in [0.717, 1.165) is 9.48 Å². The van der Waals surface area contributed by atoms with Crippen molar-refractivity contribution in [3.8, 4) is 0 Å². The van der Waals surface area contributed by atoms with E-state index >= 15 is 0 Å². The van der Waals surface area contributed by atoms with Gasteiger partial charge in [-0.3, -0.25) is 4.79 Å². The molecule has 146 valence electrons. The molecule has 0 saturated carbocycles. The van der Waals surface area contributed by atoms with Crippen LogP contribution in [0.4, 0.5) is 0 Å². The Bertz CT molecular complexity index is 943. The predicted octanol–water partition coefficient (Wildman–Crippen LogP) is 3.35. The number of piperazine rings is 1. The second kappa shape index (κ2) is 7.62. The lowest BCUT2D eigenvalue weighted by atomic mass is 9.98. The van der Waals surface area contributed by atoms with Gasteiger partial charge in [0.2, 0.25) is 10.0 Å². The maximum absolute atomic E-state index is 12.8. The Morgan fingerprint density at radius 1 is 1.19 bits per heavy atom. The van der Waals surface area contributed by atoms with Crippen molar-refractivity contribution in [2.45, 2.75) is 31.1 Å². The quantitative estimate of drug-likeness (QED) is 0.687. The maximum atomic E-state index is 12.8. The van der Waals surface area contributed by atoms with Crippen LogP contribution >= 0.6 is 27.3 Å². The van der Waals surface area contributed by atoms with Crippen molar-refractivity contribution in [2.24, 2.45) is 0 Å². The molecule has 3 rings (SSSR count). The summed E-state index contributed by atoms with van der Waals surface area (Å²) in [6.07, 6.45) is 1.62. The predicted molar refractivity (Wildman–Crippen MR) is 110 cm³/mol. The number of carbonyl (C=O) groups excluding carboxylic acids is 1. The molecule has 1 saturated heterocycles. The highest BCUT2D eigenvalue weighted by molar-refractivity contribution is 9.10. The van der Waals surface area contributed by atoms with E-state index in [1.165, 1.54) is 15.6 Å². The van der Waals surface area contributed by atoms with Gasteiger partial charge in [0.1, 0.15) is 4.88 Å². The van der Waals surface area contributed by atoms with E-state index in [2.05, 4.69) is 41.7 Å². The molecule has 1 aromatic carbocycles. The molecular formula is C18H22BrN3O3S2. The van der Waals surface area contributed by atoms with E-state index in [-0.39, 0.29) is 29.3 Å². The lowest BCUT2D eigenvalue weighted by Crippen LogP contribution is -2.50. The van der Waals surface area contributed by atoms with Gasteiger partial charge in [-0.2, -0.15) is 4.31 Å². The van der Waals surface area contributed by atoms with Crippen LogP contribution in [0.5, 0.6) is 0 Å². The molecule has 9 heteroatoms. The van der Waals surface area contributed by atoms with Gasteiger partial charge < -0.3 is 4.90 Å². The van der Waals surface area contributed by atoms with E-state index in [4.69, 9.17) is 0 Å². The molecule has 1 amide bonds. The van der Waals surface area contributed by atoms with Crippen LogP contribution < -0.4 is 0 Å². The third-order valence-corrected chi connectivity index (χ3v) is 8.12. The number of nitrogens with zero attached hydrogens (tertiary/aromatic N) is 3. The molecule has 1 fully saturated rings. The van der Waals surface area contributed by atoms with Crippen LogP contribution in [-0.4, -0.2) is 54.7 Å². The minimum Gasteiger partial charge on any atom is -0.335 e. The molecule has 0 aliphatic carbocycles. The van der Waals surface area contributed by atoms with Crippen molar-refractivity contribution >= 4 is 43.2 Å². The molecule has 0 bridgehead atoms. The number of carbonyl (C=O) groups is 1. The van der Waals surface area contributed by atoms with Crippen molar-refractivity contribution in [2.75, 3.05) is 26.2 Å². The fourth-order valence-corrected chi connectivity index (χ4v) is 5.74. The number of halogens is 1. The lowest BCUT2D eigenvalue weighted by Gasteiger charge is -2.33. The highest BCUT2D eigenvalue weighted by Crippen LogP contribution is 2.28.